The van der Waals surface area contributed by atoms with Gasteiger partial charge in [0.15, 0.2) is 0 Å². The van der Waals surface area contributed by atoms with Gasteiger partial charge in [-0.15, -0.1) is 0 Å². The molecule has 0 bridgehead atoms. The van der Waals surface area contributed by atoms with Gasteiger partial charge in [-0.05, 0) is 61.9 Å². The Morgan fingerprint density at radius 3 is 2.80 bits per heavy atom. The lowest BCUT2D eigenvalue weighted by Crippen LogP contribution is -2.38. The van der Waals surface area contributed by atoms with Gasteiger partial charge in [-0.3, -0.25) is 4.98 Å². The van der Waals surface area contributed by atoms with E-state index in [1.54, 1.807) is 0 Å². The first kappa shape index (κ1) is 15.0. The Hall–Kier alpha value is -2.33. The number of pyridine rings is 1. The Bertz CT molecular complexity index is 976. The highest BCUT2D eigenvalue weighted by molar-refractivity contribution is 5.92. The number of fused-ring (bicyclic) bond motifs is 3. The summed E-state index contributed by atoms with van der Waals surface area (Å²) in [5.41, 5.74) is 6.32. The molecule has 2 aliphatic rings. The molecule has 0 fully saturated rings. The van der Waals surface area contributed by atoms with E-state index in [1.165, 1.54) is 33.3 Å². The molecule has 1 aromatic carbocycles. The minimum atomic E-state index is -0.368. The van der Waals surface area contributed by atoms with Crippen LogP contribution in [-0.2, 0) is 25.1 Å². The third-order valence-corrected chi connectivity index (χ3v) is 5.73. The van der Waals surface area contributed by atoms with Crippen molar-refractivity contribution in [3.63, 3.8) is 0 Å². The predicted octanol–water partition coefficient (Wildman–Crippen LogP) is 3.64. The molecular formula is C21H23N3O. The monoisotopic (exact) mass is 333 g/mol. The normalized spacial score (nSPS) is 22.7. The number of ether oxygens (including phenoxy) is 1. The van der Waals surface area contributed by atoms with Crippen LogP contribution in [0.15, 0.2) is 36.7 Å². The van der Waals surface area contributed by atoms with Gasteiger partial charge >= 0.3 is 0 Å². The molecule has 0 aliphatic carbocycles. The Morgan fingerprint density at radius 2 is 2.00 bits per heavy atom. The number of benzene rings is 1. The Labute approximate surface area is 148 Å². The molecule has 0 radical (unpaired) electrons. The molecule has 128 valence electrons. The van der Waals surface area contributed by atoms with Gasteiger partial charge in [0.1, 0.15) is 11.4 Å². The zero-order valence-corrected chi connectivity index (χ0v) is 15.0. The average molecular weight is 333 g/mol. The van der Waals surface area contributed by atoms with Crippen molar-refractivity contribution in [3.05, 3.63) is 59.0 Å². The van der Waals surface area contributed by atoms with Gasteiger partial charge in [-0.2, -0.15) is 0 Å². The summed E-state index contributed by atoms with van der Waals surface area (Å²) in [7, 11) is 2.21. The molecule has 0 spiro atoms. The molecule has 0 saturated carbocycles. The highest BCUT2D eigenvalue weighted by Gasteiger charge is 2.38. The highest BCUT2D eigenvalue weighted by atomic mass is 16.5. The van der Waals surface area contributed by atoms with E-state index in [2.05, 4.69) is 59.6 Å². The van der Waals surface area contributed by atoms with E-state index in [0.29, 0.717) is 0 Å². The molecule has 4 heterocycles. The fourth-order valence-electron chi connectivity index (χ4n) is 4.50. The van der Waals surface area contributed by atoms with Crippen molar-refractivity contribution in [2.45, 2.75) is 39.0 Å². The van der Waals surface area contributed by atoms with Gasteiger partial charge in [0.2, 0.25) is 0 Å². The Morgan fingerprint density at radius 1 is 1.20 bits per heavy atom. The quantitative estimate of drug-likeness (QED) is 0.681. The van der Waals surface area contributed by atoms with Crippen LogP contribution in [0.1, 0.15) is 29.3 Å². The van der Waals surface area contributed by atoms with Crippen molar-refractivity contribution in [1.29, 1.82) is 0 Å². The standard InChI is InChI=1S/C21H23N3O/c1-14-10-16-17-12-23(3)9-6-18(17)24-13-21(2,15-4-7-22-8-5-15)25-19(11-14)20(16)24/h4-5,7-8,10-11H,6,9,12-13H2,1-3H3. The van der Waals surface area contributed by atoms with Crippen molar-refractivity contribution in [2.75, 3.05) is 13.6 Å². The largest absolute Gasteiger partial charge is 0.479 e. The number of hydrogen-bond donors (Lipinski definition) is 0. The summed E-state index contributed by atoms with van der Waals surface area (Å²) >= 11 is 0. The van der Waals surface area contributed by atoms with E-state index in [0.717, 1.165) is 31.8 Å². The van der Waals surface area contributed by atoms with Crippen LogP contribution in [0.5, 0.6) is 5.75 Å². The van der Waals surface area contributed by atoms with Crippen LogP contribution >= 0.6 is 0 Å². The van der Waals surface area contributed by atoms with E-state index in [9.17, 15) is 0 Å². The first-order chi connectivity index (χ1) is 12.0. The molecule has 4 nitrogen and oxygen atoms in total. The number of nitrogens with zero attached hydrogens (tertiary/aromatic N) is 3. The fraction of sp³-hybridized carbons (Fsp3) is 0.381. The third-order valence-electron chi connectivity index (χ3n) is 5.73. The number of rotatable bonds is 1. The maximum atomic E-state index is 6.60. The van der Waals surface area contributed by atoms with Gasteiger partial charge in [0, 0.05) is 43.0 Å². The molecular weight excluding hydrogens is 310 g/mol. The summed E-state index contributed by atoms with van der Waals surface area (Å²) in [5.74, 6) is 1.01. The molecule has 1 unspecified atom stereocenters. The second-order valence-corrected chi connectivity index (χ2v) is 7.73. The molecule has 5 rings (SSSR count). The zero-order chi connectivity index (χ0) is 17.2. The van der Waals surface area contributed by atoms with E-state index in [4.69, 9.17) is 4.74 Å². The smallest absolute Gasteiger partial charge is 0.149 e. The van der Waals surface area contributed by atoms with E-state index in [-0.39, 0.29) is 5.60 Å². The van der Waals surface area contributed by atoms with Crippen LogP contribution in [0.3, 0.4) is 0 Å². The predicted molar refractivity (Wildman–Crippen MR) is 98.9 cm³/mol. The summed E-state index contributed by atoms with van der Waals surface area (Å²) in [6, 6.07) is 8.65. The Balaban J connectivity index is 1.76. The van der Waals surface area contributed by atoms with Crippen LogP contribution in [0, 0.1) is 6.92 Å². The summed E-state index contributed by atoms with van der Waals surface area (Å²) in [6.45, 7) is 7.34. The lowest BCUT2D eigenvalue weighted by atomic mass is 9.95. The number of aromatic nitrogens is 2. The van der Waals surface area contributed by atoms with Gasteiger partial charge in [0.25, 0.3) is 0 Å². The topological polar surface area (TPSA) is 30.3 Å². The van der Waals surface area contributed by atoms with Crippen LogP contribution < -0.4 is 4.74 Å². The second-order valence-electron chi connectivity index (χ2n) is 7.73. The molecule has 2 aromatic heterocycles. The second kappa shape index (κ2) is 5.09. The van der Waals surface area contributed by atoms with Gasteiger partial charge < -0.3 is 14.2 Å². The molecule has 4 heteroatoms. The molecule has 3 aromatic rings. The number of hydrogen-bond acceptors (Lipinski definition) is 3. The summed E-state index contributed by atoms with van der Waals surface area (Å²) in [6.07, 6.45) is 4.81. The van der Waals surface area contributed by atoms with Gasteiger partial charge in [-0.1, -0.05) is 0 Å². The first-order valence-corrected chi connectivity index (χ1v) is 8.98. The summed E-state index contributed by atoms with van der Waals surface area (Å²) in [5, 5.41) is 1.37. The van der Waals surface area contributed by atoms with E-state index in [1.807, 2.05) is 12.4 Å². The first-order valence-electron chi connectivity index (χ1n) is 8.98. The lowest BCUT2D eigenvalue weighted by molar-refractivity contribution is 0.0578. The van der Waals surface area contributed by atoms with Gasteiger partial charge in [-0.25, -0.2) is 0 Å². The summed E-state index contributed by atoms with van der Waals surface area (Å²) in [4.78, 5) is 6.58. The van der Waals surface area contributed by atoms with Crippen molar-refractivity contribution in [2.24, 2.45) is 0 Å². The molecule has 0 saturated heterocycles. The van der Waals surface area contributed by atoms with Crippen molar-refractivity contribution < 1.29 is 4.74 Å². The van der Waals surface area contributed by atoms with Crippen LogP contribution in [0.25, 0.3) is 10.9 Å². The van der Waals surface area contributed by atoms with Crippen LogP contribution in [0.4, 0.5) is 0 Å². The van der Waals surface area contributed by atoms with Crippen molar-refractivity contribution in [3.8, 4) is 5.75 Å². The Kier molecular flexibility index (Phi) is 3.04. The van der Waals surface area contributed by atoms with E-state index < -0.39 is 0 Å². The minimum absolute atomic E-state index is 0.368. The maximum absolute atomic E-state index is 6.60. The third kappa shape index (κ3) is 2.13. The number of aryl methyl sites for hydroxylation is 1. The number of likely N-dealkylation sites (N-methyl/N-ethyl adjacent to an activating group) is 1. The average Bonchev–Trinajstić information content (AvgIpc) is 2.89. The maximum Gasteiger partial charge on any atom is 0.149 e. The minimum Gasteiger partial charge on any atom is -0.479 e. The fourth-order valence-corrected chi connectivity index (χ4v) is 4.50. The molecule has 0 amide bonds. The summed E-state index contributed by atoms with van der Waals surface area (Å²) < 4.78 is 9.12. The molecule has 2 aliphatic heterocycles. The van der Waals surface area contributed by atoms with E-state index >= 15 is 0 Å². The molecule has 1 atom stereocenters. The van der Waals surface area contributed by atoms with Crippen LogP contribution in [-0.4, -0.2) is 28.0 Å². The SMILES string of the molecule is Cc1cc2c3c(c1)c1c(n3CC(C)(c3ccncc3)O2)CCN(C)C1. The van der Waals surface area contributed by atoms with Crippen molar-refractivity contribution in [1.82, 2.24) is 14.5 Å². The molecule has 0 N–H and O–H groups in total. The van der Waals surface area contributed by atoms with Crippen LogP contribution in [0.2, 0.25) is 0 Å². The molecule has 25 heavy (non-hydrogen) atoms. The zero-order valence-electron chi connectivity index (χ0n) is 15.0. The van der Waals surface area contributed by atoms with Crippen molar-refractivity contribution >= 4 is 10.9 Å². The lowest BCUT2D eigenvalue weighted by Gasteiger charge is -2.37. The highest BCUT2D eigenvalue weighted by Crippen LogP contribution is 2.44. The van der Waals surface area contributed by atoms with Gasteiger partial charge in [0.05, 0.1) is 12.1 Å².